The van der Waals surface area contributed by atoms with E-state index in [4.69, 9.17) is 12.2 Å². The molecule has 0 aromatic rings. The van der Waals surface area contributed by atoms with Crippen molar-refractivity contribution in [1.29, 1.82) is 0 Å². The van der Waals surface area contributed by atoms with Crippen LogP contribution in [0.25, 0.3) is 0 Å². The van der Waals surface area contributed by atoms with Gasteiger partial charge in [0, 0.05) is 31.8 Å². The SMILES string of the molecule is CCCCCNC(=S)SCCCCC.[Zn]. The largest absolute Gasteiger partial charge is 0.371 e. The Morgan fingerprint density at radius 3 is 2.27 bits per heavy atom. The van der Waals surface area contributed by atoms with Crippen molar-refractivity contribution in [3.05, 3.63) is 0 Å². The van der Waals surface area contributed by atoms with Crippen molar-refractivity contribution >= 4 is 28.3 Å². The molecule has 0 saturated heterocycles. The van der Waals surface area contributed by atoms with Crippen LogP contribution in [0.2, 0.25) is 0 Å². The summed E-state index contributed by atoms with van der Waals surface area (Å²) in [4.78, 5) is 0. The van der Waals surface area contributed by atoms with Crippen molar-refractivity contribution < 1.29 is 19.5 Å². The van der Waals surface area contributed by atoms with E-state index in [1.165, 1.54) is 44.3 Å². The molecule has 0 saturated carbocycles. The van der Waals surface area contributed by atoms with E-state index in [1.807, 2.05) is 0 Å². The van der Waals surface area contributed by atoms with Crippen molar-refractivity contribution in [1.82, 2.24) is 5.32 Å². The molecule has 0 unspecified atom stereocenters. The molecule has 0 radical (unpaired) electrons. The van der Waals surface area contributed by atoms with Gasteiger partial charge in [-0.25, -0.2) is 0 Å². The molecule has 0 amide bonds. The van der Waals surface area contributed by atoms with E-state index in [1.54, 1.807) is 11.8 Å². The van der Waals surface area contributed by atoms with Gasteiger partial charge >= 0.3 is 0 Å². The first-order chi connectivity index (χ1) is 6.81. The molecule has 0 spiro atoms. The van der Waals surface area contributed by atoms with Crippen LogP contribution in [0, 0.1) is 0 Å². The van der Waals surface area contributed by atoms with Gasteiger partial charge in [0.2, 0.25) is 0 Å². The van der Waals surface area contributed by atoms with Crippen LogP contribution in [0.4, 0.5) is 0 Å². The van der Waals surface area contributed by atoms with Crippen molar-refractivity contribution in [2.75, 3.05) is 12.3 Å². The number of unbranched alkanes of at least 4 members (excludes halogenated alkanes) is 4. The third-order valence-electron chi connectivity index (χ3n) is 2.03. The average Bonchev–Trinajstić information content (AvgIpc) is 2.19. The van der Waals surface area contributed by atoms with E-state index >= 15 is 0 Å². The van der Waals surface area contributed by atoms with Crippen LogP contribution < -0.4 is 5.32 Å². The van der Waals surface area contributed by atoms with Crippen LogP contribution >= 0.6 is 24.0 Å². The van der Waals surface area contributed by atoms with Crippen LogP contribution in [-0.4, -0.2) is 16.6 Å². The molecule has 0 aliphatic rings. The number of hydrogen-bond donors (Lipinski definition) is 1. The maximum Gasteiger partial charge on any atom is 0.133 e. The van der Waals surface area contributed by atoms with E-state index in [-0.39, 0.29) is 19.5 Å². The Bertz CT molecular complexity index is 129. The van der Waals surface area contributed by atoms with Crippen molar-refractivity contribution in [3.63, 3.8) is 0 Å². The van der Waals surface area contributed by atoms with Crippen LogP contribution in [-0.2, 0) is 19.5 Å². The Morgan fingerprint density at radius 2 is 1.67 bits per heavy atom. The van der Waals surface area contributed by atoms with Gasteiger partial charge in [-0.3, -0.25) is 0 Å². The zero-order chi connectivity index (χ0) is 10.6. The standard InChI is InChI=1S/C11H23NS2.Zn/c1-3-5-7-9-12-11(13)14-10-8-6-4-2;/h3-10H2,1-2H3,(H,12,13);. The Labute approximate surface area is 117 Å². The van der Waals surface area contributed by atoms with E-state index in [0.717, 1.165) is 10.9 Å². The number of hydrogen-bond acceptors (Lipinski definition) is 2. The Balaban J connectivity index is 0. The number of nitrogens with one attached hydrogen (secondary N) is 1. The van der Waals surface area contributed by atoms with Gasteiger partial charge in [-0.05, 0) is 12.8 Å². The molecule has 0 atom stereocenters. The second-order valence-corrected chi connectivity index (χ2v) is 5.25. The second-order valence-electron chi connectivity index (χ2n) is 3.48. The molecular formula is C11H23NS2Zn. The maximum atomic E-state index is 5.21. The summed E-state index contributed by atoms with van der Waals surface area (Å²) < 4.78 is 0.984. The molecule has 0 heterocycles. The molecule has 1 nitrogen and oxygen atoms in total. The number of rotatable bonds is 8. The molecule has 0 bridgehead atoms. The molecule has 15 heavy (non-hydrogen) atoms. The summed E-state index contributed by atoms with van der Waals surface area (Å²) >= 11 is 7.00. The third-order valence-corrected chi connectivity index (χ3v) is 3.43. The minimum atomic E-state index is 0. The molecule has 86 valence electrons. The van der Waals surface area contributed by atoms with Crippen LogP contribution in [0.1, 0.15) is 52.4 Å². The Hall–Kier alpha value is 0.863. The van der Waals surface area contributed by atoms with Gasteiger partial charge < -0.3 is 5.32 Å². The van der Waals surface area contributed by atoms with Crippen LogP contribution in [0.15, 0.2) is 0 Å². The Kier molecular flexibility index (Phi) is 18.1. The van der Waals surface area contributed by atoms with Gasteiger partial charge in [0.05, 0.1) is 0 Å². The smallest absolute Gasteiger partial charge is 0.133 e. The normalized spacial score (nSPS) is 9.47. The summed E-state index contributed by atoms with van der Waals surface area (Å²) in [7, 11) is 0. The minimum absolute atomic E-state index is 0. The summed E-state index contributed by atoms with van der Waals surface area (Å²) in [6, 6.07) is 0. The van der Waals surface area contributed by atoms with Crippen LogP contribution in [0.5, 0.6) is 0 Å². The first kappa shape index (κ1) is 18.2. The fourth-order valence-electron chi connectivity index (χ4n) is 1.13. The molecule has 1 N–H and O–H groups in total. The first-order valence-corrected chi connectivity index (χ1v) is 7.11. The topological polar surface area (TPSA) is 12.0 Å². The van der Waals surface area contributed by atoms with Crippen molar-refractivity contribution in [2.45, 2.75) is 52.4 Å². The van der Waals surface area contributed by atoms with E-state index in [0.29, 0.717) is 0 Å². The molecule has 0 aliphatic heterocycles. The number of thioether (sulfide) groups is 1. The van der Waals surface area contributed by atoms with Gasteiger partial charge in [0.15, 0.2) is 0 Å². The van der Waals surface area contributed by atoms with Gasteiger partial charge in [-0.15, -0.1) is 0 Å². The monoisotopic (exact) mass is 297 g/mol. The van der Waals surface area contributed by atoms with Gasteiger partial charge in [-0.1, -0.05) is 63.5 Å². The molecule has 0 rings (SSSR count). The molecule has 0 fully saturated rings. The van der Waals surface area contributed by atoms with Gasteiger partial charge in [0.1, 0.15) is 4.32 Å². The molecule has 0 aliphatic carbocycles. The maximum absolute atomic E-state index is 5.21. The minimum Gasteiger partial charge on any atom is -0.371 e. The van der Waals surface area contributed by atoms with E-state index in [2.05, 4.69) is 19.2 Å². The third kappa shape index (κ3) is 14.9. The predicted octanol–water partition coefficient (Wildman–Crippen LogP) is 3.97. The van der Waals surface area contributed by atoms with E-state index < -0.39 is 0 Å². The second kappa shape index (κ2) is 14.9. The zero-order valence-electron chi connectivity index (χ0n) is 10.2. The van der Waals surface area contributed by atoms with Gasteiger partial charge in [-0.2, -0.15) is 0 Å². The average molecular weight is 299 g/mol. The fourth-order valence-corrected chi connectivity index (χ4v) is 2.22. The summed E-state index contributed by atoms with van der Waals surface area (Å²) in [5.41, 5.74) is 0. The molecule has 0 aromatic heterocycles. The zero-order valence-corrected chi connectivity index (χ0v) is 14.8. The fraction of sp³-hybridized carbons (Fsp3) is 0.909. The van der Waals surface area contributed by atoms with Crippen molar-refractivity contribution in [3.8, 4) is 0 Å². The van der Waals surface area contributed by atoms with Gasteiger partial charge in [0.25, 0.3) is 0 Å². The molecule has 4 heteroatoms. The summed E-state index contributed by atoms with van der Waals surface area (Å²) in [6.07, 6.45) is 7.72. The van der Waals surface area contributed by atoms with Crippen molar-refractivity contribution in [2.24, 2.45) is 0 Å². The number of thiocarbonyl (C=S) groups is 1. The summed E-state index contributed by atoms with van der Waals surface area (Å²) in [5.74, 6) is 1.17. The quantitative estimate of drug-likeness (QED) is 0.414. The Morgan fingerprint density at radius 1 is 1.07 bits per heavy atom. The molecule has 0 aromatic carbocycles. The first-order valence-electron chi connectivity index (χ1n) is 5.71. The predicted molar refractivity (Wildman–Crippen MR) is 72.1 cm³/mol. The summed E-state index contributed by atoms with van der Waals surface area (Å²) in [6.45, 7) is 5.50. The summed E-state index contributed by atoms with van der Waals surface area (Å²) in [5, 5.41) is 3.29. The van der Waals surface area contributed by atoms with Crippen LogP contribution in [0.3, 0.4) is 0 Å². The van der Waals surface area contributed by atoms with E-state index in [9.17, 15) is 0 Å². The molecular weight excluding hydrogens is 276 g/mol.